The van der Waals surface area contributed by atoms with E-state index in [4.69, 9.17) is 0 Å². The van der Waals surface area contributed by atoms with E-state index in [0.717, 1.165) is 18.5 Å². The van der Waals surface area contributed by atoms with Crippen molar-refractivity contribution in [2.45, 2.75) is 26.8 Å². The SMILES string of the molecule is CC(C)C(=O)c1ccn(CCc2cccnc2)c1. The van der Waals surface area contributed by atoms with Gasteiger partial charge in [-0.2, -0.15) is 0 Å². The highest BCUT2D eigenvalue weighted by Crippen LogP contribution is 2.10. The van der Waals surface area contributed by atoms with Crippen LogP contribution in [0.5, 0.6) is 0 Å². The van der Waals surface area contributed by atoms with Crippen LogP contribution in [-0.2, 0) is 13.0 Å². The van der Waals surface area contributed by atoms with Gasteiger partial charge in [0.15, 0.2) is 5.78 Å². The first-order valence-electron chi connectivity index (χ1n) is 6.25. The highest BCUT2D eigenvalue weighted by molar-refractivity contribution is 5.97. The molecule has 0 aliphatic heterocycles. The van der Waals surface area contributed by atoms with E-state index in [2.05, 4.69) is 15.6 Å². The molecule has 2 aromatic heterocycles. The van der Waals surface area contributed by atoms with E-state index in [1.807, 2.05) is 44.6 Å². The Morgan fingerprint density at radius 3 is 2.89 bits per heavy atom. The molecule has 2 rings (SSSR count). The molecule has 0 spiro atoms. The van der Waals surface area contributed by atoms with Gasteiger partial charge in [0.05, 0.1) is 0 Å². The Morgan fingerprint density at radius 2 is 2.22 bits per heavy atom. The summed E-state index contributed by atoms with van der Waals surface area (Å²) in [5.41, 5.74) is 2.01. The lowest BCUT2D eigenvalue weighted by atomic mass is 10.0. The van der Waals surface area contributed by atoms with Crippen LogP contribution in [0.1, 0.15) is 29.8 Å². The maximum absolute atomic E-state index is 11.8. The van der Waals surface area contributed by atoms with Crippen molar-refractivity contribution in [3.63, 3.8) is 0 Å². The molecule has 0 radical (unpaired) electrons. The zero-order valence-corrected chi connectivity index (χ0v) is 10.8. The molecule has 0 N–H and O–H groups in total. The standard InChI is InChI=1S/C15H18N2O/c1-12(2)15(18)14-6-9-17(11-14)8-5-13-4-3-7-16-10-13/h3-4,6-7,9-12H,5,8H2,1-2H3. The molecule has 0 saturated heterocycles. The van der Waals surface area contributed by atoms with Gasteiger partial charge < -0.3 is 4.57 Å². The Hall–Kier alpha value is -1.90. The van der Waals surface area contributed by atoms with E-state index in [1.165, 1.54) is 5.56 Å². The summed E-state index contributed by atoms with van der Waals surface area (Å²) in [5, 5.41) is 0. The van der Waals surface area contributed by atoms with Crippen molar-refractivity contribution in [1.29, 1.82) is 0 Å². The fourth-order valence-electron chi connectivity index (χ4n) is 1.86. The zero-order chi connectivity index (χ0) is 13.0. The second-order valence-corrected chi connectivity index (χ2v) is 4.77. The summed E-state index contributed by atoms with van der Waals surface area (Å²) in [5.74, 6) is 0.259. The molecule has 0 aliphatic carbocycles. The molecule has 18 heavy (non-hydrogen) atoms. The fourth-order valence-corrected chi connectivity index (χ4v) is 1.86. The van der Waals surface area contributed by atoms with Crippen LogP contribution in [0, 0.1) is 5.92 Å². The van der Waals surface area contributed by atoms with Crippen LogP contribution < -0.4 is 0 Å². The van der Waals surface area contributed by atoms with Gasteiger partial charge in [-0.25, -0.2) is 0 Å². The van der Waals surface area contributed by atoms with Crippen molar-refractivity contribution < 1.29 is 4.79 Å². The van der Waals surface area contributed by atoms with Crippen LogP contribution in [0.4, 0.5) is 0 Å². The molecule has 0 bridgehead atoms. The molecular weight excluding hydrogens is 224 g/mol. The smallest absolute Gasteiger partial charge is 0.166 e. The molecule has 2 heterocycles. The maximum Gasteiger partial charge on any atom is 0.166 e. The molecule has 0 atom stereocenters. The van der Waals surface area contributed by atoms with Crippen LogP contribution in [0.25, 0.3) is 0 Å². The molecule has 0 aliphatic rings. The molecule has 94 valence electrons. The summed E-state index contributed by atoms with van der Waals surface area (Å²) in [6.45, 7) is 4.72. The minimum atomic E-state index is 0.0548. The topological polar surface area (TPSA) is 34.9 Å². The molecule has 0 unspecified atom stereocenters. The van der Waals surface area contributed by atoms with Crippen molar-refractivity contribution in [3.05, 3.63) is 54.1 Å². The number of carbonyl (C=O) groups is 1. The Balaban J connectivity index is 1.97. The molecular formula is C15H18N2O. The number of aryl methyl sites for hydroxylation is 2. The van der Waals surface area contributed by atoms with Crippen molar-refractivity contribution in [2.75, 3.05) is 0 Å². The van der Waals surface area contributed by atoms with Crippen LogP contribution in [0.3, 0.4) is 0 Å². The van der Waals surface area contributed by atoms with Crippen LogP contribution in [0.15, 0.2) is 43.0 Å². The second-order valence-electron chi connectivity index (χ2n) is 4.77. The van der Waals surface area contributed by atoms with Crippen molar-refractivity contribution in [1.82, 2.24) is 9.55 Å². The number of hydrogen-bond acceptors (Lipinski definition) is 2. The Morgan fingerprint density at radius 1 is 1.39 bits per heavy atom. The summed E-state index contributed by atoms with van der Waals surface area (Å²) < 4.78 is 2.06. The predicted molar refractivity (Wildman–Crippen MR) is 71.5 cm³/mol. The molecule has 3 heteroatoms. The van der Waals surface area contributed by atoms with Gasteiger partial charge in [-0.15, -0.1) is 0 Å². The molecule has 0 fully saturated rings. The summed E-state index contributed by atoms with van der Waals surface area (Å²) in [6.07, 6.45) is 8.48. The lowest BCUT2D eigenvalue weighted by Crippen LogP contribution is -2.06. The van der Waals surface area contributed by atoms with Crippen molar-refractivity contribution in [3.8, 4) is 0 Å². The van der Waals surface area contributed by atoms with E-state index in [1.54, 1.807) is 6.20 Å². The first-order valence-corrected chi connectivity index (χ1v) is 6.25. The number of rotatable bonds is 5. The summed E-state index contributed by atoms with van der Waals surface area (Å²) >= 11 is 0. The van der Waals surface area contributed by atoms with Gasteiger partial charge in [-0.1, -0.05) is 19.9 Å². The quantitative estimate of drug-likeness (QED) is 0.755. The van der Waals surface area contributed by atoms with Crippen LogP contribution in [-0.4, -0.2) is 15.3 Å². The van der Waals surface area contributed by atoms with Gasteiger partial charge in [-0.05, 0) is 24.1 Å². The Labute approximate surface area is 107 Å². The number of Topliss-reactive ketones (excluding diaryl/α,β-unsaturated/α-hetero) is 1. The van der Waals surface area contributed by atoms with Gasteiger partial charge in [0.1, 0.15) is 0 Å². The highest BCUT2D eigenvalue weighted by Gasteiger charge is 2.11. The number of aromatic nitrogens is 2. The van der Waals surface area contributed by atoms with Crippen LogP contribution >= 0.6 is 0 Å². The summed E-state index contributed by atoms with van der Waals surface area (Å²) in [7, 11) is 0. The number of carbonyl (C=O) groups excluding carboxylic acids is 1. The first-order chi connectivity index (χ1) is 8.66. The van der Waals surface area contributed by atoms with Crippen molar-refractivity contribution >= 4 is 5.78 Å². The number of hydrogen-bond donors (Lipinski definition) is 0. The summed E-state index contributed by atoms with van der Waals surface area (Å²) in [6, 6.07) is 5.90. The first kappa shape index (κ1) is 12.6. The Bertz CT molecular complexity index is 514. The van der Waals surface area contributed by atoms with Gasteiger partial charge >= 0.3 is 0 Å². The van der Waals surface area contributed by atoms with E-state index >= 15 is 0 Å². The molecule has 0 amide bonds. The third-order valence-electron chi connectivity index (χ3n) is 2.94. The van der Waals surface area contributed by atoms with Crippen LogP contribution in [0.2, 0.25) is 0 Å². The number of ketones is 1. The van der Waals surface area contributed by atoms with Gasteiger partial charge in [0.2, 0.25) is 0 Å². The van der Waals surface area contributed by atoms with Gasteiger partial charge in [0, 0.05) is 42.8 Å². The predicted octanol–water partition coefficient (Wildman–Crippen LogP) is 2.96. The third-order valence-corrected chi connectivity index (χ3v) is 2.94. The molecule has 0 saturated carbocycles. The fraction of sp³-hybridized carbons (Fsp3) is 0.333. The van der Waals surface area contributed by atoms with E-state index in [-0.39, 0.29) is 11.7 Å². The molecule has 0 aromatic carbocycles. The van der Waals surface area contributed by atoms with E-state index in [9.17, 15) is 4.79 Å². The molecule has 2 aromatic rings. The second kappa shape index (κ2) is 5.63. The zero-order valence-electron chi connectivity index (χ0n) is 10.8. The minimum Gasteiger partial charge on any atom is -0.353 e. The van der Waals surface area contributed by atoms with Gasteiger partial charge in [-0.3, -0.25) is 9.78 Å². The van der Waals surface area contributed by atoms with Crippen molar-refractivity contribution in [2.24, 2.45) is 5.92 Å². The largest absolute Gasteiger partial charge is 0.353 e. The van der Waals surface area contributed by atoms with E-state index < -0.39 is 0 Å². The maximum atomic E-state index is 11.8. The average Bonchev–Trinajstić information content (AvgIpc) is 2.85. The Kier molecular flexibility index (Phi) is 3.92. The highest BCUT2D eigenvalue weighted by atomic mass is 16.1. The lowest BCUT2D eigenvalue weighted by molar-refractivity contribution is 0.0939. The monoisotopic (exact) mass is 242 g/mol. The normalized spacial score (nSPS) is 10.8. The minimum absolute atomic E-state index is 0.0548. The number of pyridine rings is 1. The average molecular weight is 242 g/mol. The summed E-state index contributed by atoms with van der Waals surface area (Å²) in [4.78, 5) is 15.9. The van der Waals surface area contributed by atoms with Gasteiger partial charge in [0.25, 0.3) is 0 Å². The molecule has 3 nitrogen and oxygen atoms in total. The lowest BCUT2D eigenvalue weighted by Gasteiger charge is -2.03. The van der Waals surface area contributed by atoms with E-state index in [0.29, 0.717) is 0 Å². The number of nitrogens with zero attached hydrogens (tertiary/aromatic N) is 2. The third kappa shape index (κ3) is 3.06.